The van der Waals surface area contributed by atoms with Gasteiger partial charge in [0.25, 0.3) is 5.91 Å². The van der Waals surface area contributed by atoms with E-state index in [9.17, 15) is 4.79 Å². The van der Waals surface area contributed by atoms with Crippen molar-refractivity contribution in [3.05, 3.63) is 53.0 Å². The van der Waals surface area contributed by atoms with Crippen molar-refractivity contribution in [3.63, 3.8) is 0 Å². The Labute approximate surface area is 133 Å². The van der Waals surface area contributed by atoms with Crippen LogP contribution in [-0.4, -0.2) is 24.1 Å². The van der Waals surface area contributed by atoms with Crippen molar-refractivity contribution >= 4 is 27.5 Å². The molecule has 0 spiro atoms. The monoisotopic (exact) mass is 314 g/mol. The number of hydrogen-bond donors (Lipinski definition) is 1. The average molecular weight is 314 g/mol. The normalized spacial score (nSPS) is 10.8. The Kier molecular flexibility index (Phi) is 4.15. The van der Waals surface area contributed by atoms with Crippen molar-refractivity contribution in [2.75, 3.05) is 13.7 Å². The van der Waals surface area contributed by atoms with E-state index in [-0.39, 0.29) is 5.91 Å². The molecule has 114 valence electrons. The summed E-state index contributed by atoms with van der Waals surface area (Å²) in [4.78, 5) is 12.3. The van der Waals surface area contributed by atoms with Crippen molar-refractivity contribution in [1.82, 2.24) is 9.88 Å². The summed E-state index contributed by atoms with van der Waals surface area (Å²) in [5.41, 5.74) is 2.90. The zero-order chi connectivity index (χ0) is 15.5. The van der Waals surface area contributed by atoms with E-state index in [0.29, 0.717) is 18.8 Å². The summed E-state index contributed by atoms with van der Waals surface area (Å²) in [6.45, 7) is 3.19. The van der Waals surface area contributed by atoms with Crippen molar-refractivity contribution in [2.45, 2.75) is 13.5 Å². The van der Waals surface area contributed by atoms with Gasteiger partial charge in [-0.3, -0.25) is 4.79 Å². The lowest BCUT2D eigenvalue weighted by Crippen LogP contribution is -2.25. The topological polar surface area (TPSA) is 43.3 Å². The second-order valence-electron chi connectivity index (χ2n) is 5.00. The molecule has 22 heavy (non-hydrogen) atoms. The highest BCUT2D eigenvalue weighted by Crippen LogP contribution is 2.26. The van der Waals surface area contributed by atoms with E-state index < -0.39 is 0 Å². The van der Waals surface area contributed by atoms with E-state index in [1.165, 1.54) is 0 Å². The molecule has 0 fully saturated rings. The molecule has 0 radical (unpaired) electrons. The van der Waals surface area contributed by atoms with Crippen LogP contribution in [0, 0.1) is 0 Å². The van der Waals surface area contributed by atoms with Gasteiger partial charge in [-0.05, 0) is 42.1 Å². The third-order valence-electron chi connectivity index (χ3n) is 3.57. The molecule has 0 saturated carbocycles. The summed E-state index contributed by atoms with van der Waals surface area (Å²) in [5.74, 6) is 0.791. The number of nitrogens with zero attached hydrogens (tertiary/aromatic N) is 1. The van der Waals surface area contributed by atoms with Crippen molar-refractivity contribution in [2.24, 2.45) is 0 Å². The highest BCUT2D eigenvalue weighted by molar-refractivity contribution is 7.17. The molecular formula is C17H18N2O2S. The molecule has 3 rings (SSSR count). The maximum atomic E-state index is 12.3. The van der Waals surface area contributed by atoms with Gasteiger partial charge in [0.2, 0.25) is 0 Å². The summed E-state index contributed by atoms with van der Waals surface area (Å²) in [6.07, 6.45) is 0. The fraction of sp³-hybridized carbons (Fsp3) is 0.235. The maximum absolute atomic E-state index is 12.3. The van der Waals surface area contributed by atoms with Gasteiger partial charge in [-0.1, -0.05) is 12.1 Å². The number of fused-ring (bicyclic) bond motifs is 1. The van der Waals surface area contributed by atoms with Crippen molar-refractivity contribution in [3.8, 4) is 5.75 Å². The van der Waals surface area contributed by atoms with E-state index >= 15 is 0 Å². The number of carbonyl (C=O) groups is 1. The molecule has 1 amide bonds. The molecule has 3 aromatic rings. The lowest BCUT2D eigenvalue weighted by atomic mass is 10.2. The minimum Gasteiger partial charge on any atom is -0.497 e. The molecule has 4 nitrogen and oxygen atoms in total. The molecule has 0 aliphatic heterocycles. The molecule has 0 atom stereocenters. The summed E-state index contributed by atoms with van der Waals surface area (Å²) in [6, 6.07) is 12.0. The molecule has 0 aliphatic carbocycles. The standard InChI is InChI=1S/C17H18N2O2S/c1-3-18-17(20)15-10-16-14(7-8-22-16)19(15)11-12-5-4-6-13(9-12)21-2/h4-10H,3,11H2,1-2H3,(H,18,20). The average Bonchev–Trinajstić information content (AvgIpc) is 3.10. The van der Waals surface area contributed by atoms with Gasteiger partial charge in [-0.2, -0.15) is 0 Å². The summed E-state index contributed by atoms with van der Waals surface area (Å²) >= 11 is 1.65. The van der Waals surface area contributed by atoms with Crippen LogP contribution in [0.3, 0.4) is 0 Å². The van der Waals surface area contributed by atoms with Gasteiger partial charge in [0.1, 0.15) is 11.4 Å². The number of amides is 1. The zero-order valence-electron chi connectivity index (χ0n) is 12.6. The number of thiophene rings is 1. The second kappa shape index (κ2) is 6.23. The van der Waals surface area contributed by atoms with E-state index in [4.69, 9.17) is 4.74 Å². The van der Waals surface area contributed by atoms with Gasteiger partial charge in [0, 0.05) is 13.1 Å². The van der Waals surface area contributed by atoms with Gasteiger partial charge < -0.3 is 14.6 Å². The number of aromatic nitrogens is 1. The maximum Gasteiger partial charge on any atom is 0.267 e. The van der Waals surface area contributed by atoms with E-state index in [2.05, 4.69) is 16.0 Å². The molecule has 2 aromatic heterocycles. The summed E-state index contributed by atoms with van der Waals surface area (Å²) in [7, 11) is 1.66. The van der Waals surface area contributed by atoms with Crippen LogP contribution in [0.5, 0.6) is 5.75 Å². The lowest BCUT2D eigenvalue weighted by molar-refractivity contribution is 0.0947. The zero-order valence-corrected chi connectivity index (χ0v) is 13.4. The van der Waals surface area contributed by atoms with Crippen LogP contribution in [0.2, 0.25) is 0 Å². The van der Waals surface area contributed by atoms with E-state index in [1.807, 2.05) is 42.6 Å². The van der Waals surface area contributed by atoms with E-state index in [0.717, 1.165) is 21.5 Å². The fourth-order valence-electron chi connectivity index (χ4n) is 2.54. The van der Waals surface area contributed by atoms with Crippen LogP contribution in [0.15, 0.2) is 41.8 Å². The molecule has 0 saturated heterocycles. The molecule has 0 bridgehead atoms. The smallest absolute Gasteiger partial charge is 0.267 e. The first kappa shape index (κ1) is 14.7. The molecule has 0 aliphatic rings. The first-order valence-electron chi connectivity index (χ1n) is 7.20. The van der Waals surface area contributed by atoms with Crippen LogP contribution in [0.25, 0.3) is 10.2 Å². The van der Waals surface area contributed by atoms with Gasteiger partial charge in [0.15, 0.2) is 0 Å². The van der Waals surface area contributed by atoms with Crippen LogP contribution < -0.4 is 10.1 Å². The molecule has 2 heterocycles. The van der Waals surface area contributed by atoms with Gasteiger partial charge >= 0.3 is 0 Å². The largest absolute Gasteiger partial charge is 0.497 e. The quantitative estimate of drug-likeness (QED) is 0.783. The fourth-order valence-corrected chi connectivity index (χ4v) is 3.36. The van der Waals surface area contributed by atoms with Gasteiger partial charge in [-0.25, -0.2) is 0 Å². The van der Waals surface area contributed by atoms with E-state index in [1.54, 1.807) is 18.4 Å². The van der Waals surface area contributed by atoms with Crippen LogP contribution >= 0.6 is 11.3 Å². The number of nitrogens with one attached hydrogen (secondary N) is 1. The Morgan fingerprint density at radius 1 is 1.32 bits per heavy atom. The molecule has 0 unspecified atom stereocenters. The number of rotatable bonds is 5. The Bertz CT molecular complexity index is 804. The third kappa shape index (κ3) is 2.72. The molecular weight excluding hydrogens is 296 g/mol. The minimum absolute atomic E-state index is 0.0335. The Balaban J connectivity index is 2.02. The molecule has 1 aromatic carbocycles. The van der Waals surface area contributed by atoms with Crippen LogP contribution in [0.4, 0.5) is 0 Å². The molecule has 1 N–H and O–H groups in total. The van der Waals surface area contributed by atoms with Crippen molar-refractivity contribution < 1.29 is 9.53 Å². The Hall–Kier alpha value is -2.27. The highest BCUT2D eigenvalue weighted by Gasteiger charge is 2.16. The first-order chi connectivity index (χ1) is 10.7. The number of methoxy groups -OCH3 is 1. The minimum atomic E-state index is -0.0335. The Morgan fingerprint density at radius 3 is 2.95 bits per heavy atom. The van der Waals surface area contributed by atoms with Gasteiger partial charge in [0.05, 0.1) is 17.3 Å². The lowest BCUT2D eigenvalue weighted by Gasteiger charge is -2.11. The summed E-state index contributed by atoms with van der Waals surface area (Å²) < 4.78 is 8.47. The van der Waals surface area contributed by atoms with Crippen LogP contribution in [0.1, 0.15) is 23.0 Å². The predicted molar refractivity (Wildman–Crippen MR) is 89.9 cm³/mol. The van der Waals surface area contributed by atoms with Crippen LogP contribution in [-0.2, 0) is 6.54 Å². The highest BCUT2D eigenvalue weighted by atomic mass is 32.1. The number of ether oxygens (including phenoxy) is 1. The predicted octanol–water partition coefficient (Wildman–Crippen LogP) is 3.51. The number of hydrogen-bond acceptors (Lipinski definition) is 3. The first-order valence-corrected chi connectivity index (χ1v) is 8.08. The third-order valence-corrected chi connectivity index (χ3v) is 4.42. The summed E-state index contributed by atoms with van der Waals surface area (Å²) in [5, 5.41) is 4.93. The van der Waals surface area contributed by atoms with Gasteiger partial charge in [-0.15, -0.1) is 11.3 Å². The Morgan fingerprint density at radius 2 is 2.18 bits per heavy atom. The second-order valence-corrected chi connectivity index (χ2v) is 5.94. The van der Waals surface area contributed by atoms with Crippen molar-refractivity contribution in [1.29, 1.82) is 0 Å². The molecule has 5 heteroatoms. The SMILES string of the molecule is CCNC(=O)c1cc2sccc2n1Cc1cccc(OC)c1. The number of carbonyl (C=O) groups excluding carboxylic acids is 1. The number of benzene rings is 1.